The monoisotopic (exact) mass is 517 g/mol. The minimum Gasteiger partial charge on any atom is -0.493 e. The van der Waals surface area contributed by atoms with Gasteiger partial charge in [0.25, 0.3) is 11.8 Å². The van der Waals surface area contributed by atoms with E-state index in [2.05, 4.69) is 40.4 Å². The second-order valence-corrected chi connectivity index (χ2v) is 9.48. The molecular weight excluding hydrogens is 490 g/mol. The molecule has 0 atom stereocenters. The molecule has 8 heteroatoms. The predicted octanol–water partition coefficient (Wildman–Crippen LogP) is 5.24. The zero-order valence-electron chi connectivity index (χ0n) is 18.3. The lowest BCUT2D eigenvalue weighted by molar-refractivity contribution is 0.0792. The number of thiocarbonyl (C=S) groups is 1. The summed E-state index contributed by atoms with van der Waals surface area (Å²) in [6.07, 6.45) is 3.01. The summed E-state index contributed by atoms with van der Waals surface area (Å²) < 4.78 is 6.59. The van der Waals surface area contributed by atoms with Crippen LogP contribution in [0.1, 0.15) is 53.8 Å². The number of halogens is 1. The molecule has 6 nitrogen and oxygen atoms in total. The molecule has 170 valence electrons. The van der Waals surface area contributed by atoms with Crippen molar-refractivity contribution < 1.29 is 14.3 Å². The van der Waals surface area contributed by atoms with Gasteiger partial charge >= 0.3 is 0 Å². The summed E-state index contributed by atoms with van der Waals surface area (Å²) in [5.41, 5.74) is 1.74. The Bertz CT molecular complexity index is 973. The molecule has 1 saturated heterocycles. The van der Waals surface area contributed by atoms with Crippen molar-refractivity contribution in [1.29, 1.82) is 0 Å². The molecule has 0 spiro atoms. The molecule has 1 fully saturated rings. The lowest BCUT2D eigenvalue weighted by Crippen LogP contribution is -2.34. The number of carbonyl (C=O) groups excluding carboxylic acids is 2. The van der Waals surface area contributed by atoms with Crippen LogP contribution in [-0.4, -0.2) is 41.5 Å². The smallest absolute Gasteiger partial charge is 0.261 e. The van der Waals surface area contributed by atoms with E-state index in [0.29, 0.717) is 35.1 Å². The number of hydrogen-bond acceptors (Lipinski definition) is 4. The van der Waals surface area contributed by atoms with Crippen molar-refractivity contribution >= 4 is 50.8 Å². The Morgan fingerprint density at radius 3 is 2.47 bits per heavy atom. The first-order chi connectivity index (χ1) is 15.3. The van der Waals surface area contributed by atoms with Crippen LogP contribution in [0, 0.1) is 5.92 Å². The molecule has 32 heavy (non-hydrogen) atoms. The summed E-state index contributed by atoms with van der Waals surface area (Å²) in [5.74, 6) is 0.712. The highest BCUT2D eigenvalue weighted by molar-refractivity contribution is 9.10. The number of nitrogens with one attached hydrogen (secondary N) is 2. The Balaban J connectivity index is 1.59. The number of likely N-dealkylation sites (tertiary alicyclic amines) is 1. The predicted molar refractivity (Wildman–Crippen MR) is 134 cm³/mol. The number of anilines is 1. The number of hydrogen-bond donors (Lipinski definition) is 2. The SMILES string of the molecule is CC(C)CCOc1ccc(Br)cc1C(=O)NC(=S)Nc1ccc(C(=O)N2CCCC2)cc1. The summed E-state index contributed by atoms with van der Waals surface area (Å²) >= 11 is 8.71. The van der Waals surface area contributed by atoms with Gasteiger partial charge < -0.3 is 15.0 Å². The van der Waals surface area contributed by atoms with Crippen LogP contribution in [0.3, 0.4) is 0 Å². The van der Waals surface area contributed by atoms with Crippen LogP contribution in [-0.2, 0) is 0 Å². The Morgan fingerprint density at radius 2 is 1.81 bits per heavy atom. The molecular formula is C24H28BrN3O3S. The first-order valence-electron chi connectivity index (χ1n) is 10.8. The van der Waals surface area contributed by atoms with Crippen molar-refractivity contribution in [3.05, 3.63) is 58.1 Å². The van der Waals surface area contributed by atoms with Gasteiger partial charge in [-0.1, -0.05) is 29.8 Å². The summed E-state index contributed by atoms with van der Waals surface area (Å²) in [4.78, 5) is 27.1. The van der Waals surface area contributed by atoms with E-state index >= 15 is 0 Å². The van der Waals surface area contributed by atoms with Crippen molar-refractivity contribution in [2.24, 2.45) is 5.92 Å². The van der Waals surface area contributed by atoms with Crippen LogP contribution in [0.25, 0.3) is 0 Å². The first kappa shape index (κ1) is 24.2. The number of benzene rings is 2. The van der Waals surface area contributed by atoms with E-state index in [-0.39, 0.29) is 16.9 Å². The molecule has 1 heterocycles. The Hall–Kier alpha value is -2.45. The van der Waals surface area contributed by atoms with Gasteiger partial charge in [-0.3, -0.25) is 14.9 Å². The average Bonchev–Trinajstić information content (AvgIpc) is 3.29. The molecule has 2 aromatic carbocycles. The molecule has 0 bridgehead atoms. The zero-order chi connectivity index (χ0) is 23.1. The quantitative estimate of drug-likeness (QED) is 0.491. The van der Waals surface area contributed by atoms with Gasteiger partial charge in [-0.05, 0) is 79.9 Å². The standard InChI is InChI=1S/C24H28BrN3O3S/c1-16(2)11-14-31-21-10-7-18(25)15-20(21)22(29)27-24(32)26-19-8-5-17(6-9-19)23(30)28-12-3-4-13-28/h5-10,15-16H,3-4,11-14H2,1-2H3,(H2,26,27,29,32). The second-order valence-electron chi connectivity index (χ2n) is 8.16. The highest BCUT2D eigenvalue weighted by atomic mass is 79.9. The number of nitrogens with zero attached hydrogens (tertiary/aromatic N) is 1. The first-order valence-corrected chi connectivity index (χ1v) is 12.0. The highest BCUT2D eigenvalue weighted by Crippen LogP contribution is 2.24. The average molecular weight is 518 g/mol. The van der Waals surface area contributed by atoms with Crippen LogP contribution in [0.15, 0.2) is 46.9 Å². The highest BCUT2D eigenvalue weighted by Gasteiger charge is 2.19. The van der Waals surface area contributed by atoms with Gasteiger partial charge in [0.15, 0.2) is 5.11 Å². The third-order valence-electron chi connectivity index (χ3n) is 5.15. The molecule has 2 N–H and O–H groups in total. The maximum Gasteiger partial charge on any atom is 0.261 e. The summed E-state index contributed by atoms with van der Waals surface area (Å²) in [5, 5.41) is 5.86. The summed E-state index contributed by atoms with van der Waals surface area (Å²) in [7, 11) is 0. The molecule has 1 aliphatic rings. The molecule has 0 aliphatic carbocycles. The minimum atomic E-state index is -0.357. The van der Waals surface area contributed by atoms with Gasteiger partial charge in [0.2, 0.25) is 0 Å². The number of amides is 2. The van der Waals surface area contributed by atoms with Crippen molar-refractivity contribution in [3.8, 4) is 5.75 Å². The summed E-state index contributed by atoms with van der Waals surface area (Å²) in [6.45, 7) is 6.40. The van der Waals surface area contributed by atoms with Crippen LogP contribution in [0.2, 0.25) is 0 Å². The van der Waals surface area contributed by atoms with Crippen molar-refractivity contribution in [1.82, 2.24) is 10.2 Å². The van der Waals surface area contributed by atoms with Crippen LogP contribution < -0.4 is 15.4 Å². The number of rotatable bonds is 7. The molecule has 0 saturated carbocycles. The van der Waals surface area contributed by atoms with E-state index in [9.17, 15) is 9.59 Å². The van der Waals surface area contributed by atoms with Gasteiger partial charge in [0.1, 0.15) is 5.75 Å². The Morgan fingerprint density at radius 1 is 1.12 bits per heavy atom. The van der Waals surface area contributed by atoms with E-state index in [1.165, 1.54) is 0 Å². The molecule has 0 radical (unpaired) electrons. The fourth-order valence-electron chi connectivity index (χ4n) is 3.34. The second kappa shape index (κ2) is 11.4. The molecule has 3 rings (SSSR count). The van der Waals surface area contributed by atoms with E-state index in [4.69, 9.17) is 17.0 Å². The minimum absolute atomic E-state index is 0.0459. The molecule has 2 amide bonds. The van der Waals surface area contributed by atoms with Crippen molar-refractivity contribution in [2.45, 2.75) is 33.1 Å². The van der Waals surface area contributed by atoms with Crippen LogP contribution in [0.4, 0.5) is 5.69 Å². The van der Waals surface area contributed by atoms with E-state index < -0.39 is 0 Å². The fraction of sp³-hybridized carbons (Fsp3) is 0.375. The third-order valence-corrected chi connectivity index (χ3v) is 5.85. The zero-order valence-corrected chi connectivity index (χ0v) is 20.7. The van der Waals surface area contributed by atoms with E-state index in [0.717, 1.165) is 36.8 Å². The van der Waals surface area contributed by atoms with Gasteiger partial charge in [0.05, 0.1) is 12.2 Å². The molecule has 1 aliphatic heterocycles. The van der Waals surface area contributed by atoms with Gasteiger partial charge in [-0.15, -0.1) is 0 Å². The molecule has 2 aromatic rings. The Labute approximate surface area is 202 Å². The van der Waals surface area contributed by atoms with Crippen LogP contribution in [0.5, 0.6) is 5.75 Å². The lowest BCUT2D eigenvalue weighted by atomic mass is 10.1. The largest absolute Gasteiger partial charge is 0.493 e. The van der Waals surface area contributed by atoms with Gasteiger partial charge in [-0.2, -0.15) is 0 Å². The van der Waals surface area contributed by atoms with Gasteiger partial charge in [-0.25, -0.2) is 0 Å². The Kier molecular flexibility index (Phi) is 8.64. The fourth-order valence-corrected chi connectivity index (χ4v) is 3.91. The maximum atomic E-state index is 12.8. The summed E-state index contributed by atoms with van der Waals surface area (Å²) in [6, 6.07) is 12.4. The van der Waals surface area contributed by atoms with E-state index in [1.807, 2.05) is 11.0 Å². The molecule has 0 unspecified atom stereocenters. The van der Waals surface area contributed by atoms with E-state index in [1.54, 1.807) is 36.4 Å². The molecule has 0 aromatic heterocycles. The number of ether oxygens (including phenoxy) is 1. The van der Waals surface area contributed by atoms with Gasteiger partial charge in [0, 0.05) is 28.8 Å². The van der Waals surface area contributed by atoms with Crippen LogP contribution >= 0.6 is 28.1 Å². The van der Waals surface area contributed by atoms with Crippen molar-refractivity contribution in [2.75, 3.05) is 25.0 Å². The topological polar surface area (TPSA) is 70.7 Å². The lowest BCUT2D eigenvalue weighted by Gasteiger charge is -2.16. The third kappa shape index (κ3) is 6.77. The normalized spacial score (nSPS) is 13.2. The van der Waals surface area contributed by atoms with Crippen molar-refractivity contribution in [3.63, 3.8) is 0 Å². The number of carbonyl (C=O) groups is 2. The maximum absolute atomic E-state index is 12.8.